The highest BCUT2D eigenvalue weighted by Crippen LogP contribution is 2.11. The zero-order chi connectivity index (χ0) is 7.94. The normalized spacial score (nSPS) is 8.73. The first-order valence-corrected chi connectivity index (χ1v) is 4.51. The second kappa shape index (κ2) is 5.08. The predicted octanol–water partition coefficient (Wildman–Crippen LogP) is 2.94. The summed E-state index contributed by atoms with van der Waals surface area (Å²) in [7, 11) is 0. The Bertz CT molecular complexity index is 252. The van der Waals surface area contributed by atoms with E-state index in [1.54, 1.807) is 0 Å². The predicted molar refractivity (Wildman–Crippen MR) is 52.8 cm³/mol. The van der Waals surface area contributed by atoms with Crippen LogP contribution in [0.2, 0.25) is 0 Å². The van der Waals surface area contributed by atoms with Gasteiger partial charge in [-0.25, -0.2) is 0 Å². The first kappa shape index (κ1) is 8.47. The van der Waals surface area contributed by atoms with Gasteiger partial charge in [0.25, 0.3) is 0 Å². The van der Waals surface area contributed by atoms with Crippen molar-refractivity contribution in [2.45, 2.75) is 5.75 Å². The number of rotatable bonds is 3. The van der Waals surface area contributed by atoms with E-state index in [1.165, 1.54) is 17.5 Å². The van der Waals surface area contributed by atoms with Gasteiger partial charge in [0.15, 0.2) is 0 Å². The summed E-state index contributed by atoms with van der Waals surface area (Å²) in [6.45, 7) is 0. The highest BCUT2D eigenvalue weighted by Gasteiger charge is 1.88. The van der Waals surface area contributed by atoms with E-state index in [0.29, 0.717) is 0 Å². The molecule has 0 saturated heterocycles. The van der Waals surface area contributed by atoms with Crippen LogP contribution in [0.3, 0.4) is 0 Å². The van der Waals surface area contributed by atoms with Crippen molar-refractivity contribution in [3.8, 4) is 0 Å². The number of nitrogens with zero attached hydrogens (tertiary/aromatic N) is 1. The number of benzene rings is 1. The van der Waals surface area contributed by atoms with Crippen LogP contribution >= 0.6 is 24.2 Å². The lowest BCUT2D eigenvalue weighted by Gasteiger charge is -1.93. The summed E-state index contributed by atoms with van der Waals surface area (Å²) in [5.41, 5.74) is 1.26. The van der Waals surface area contributed by atoms with Gasteiger partial charge in [0.2, 0.25) is 0 Å². The summed E-state index contributed by atoms with van der Waals surface area (Å²) in [5, 5.41) is 2.31. The average molecular weight is 181 g/mol. The Morgan fingerprint density at radius 1 is 1.36 bits per heavy atom. The molecule has 1 nitrogen and oxygen atoms in total. The van der Waals surface area contributed by atoms with Gasteiger partial charge >= 0.3 is 0 Å². The molecule has 1 aromatic carbocycles. The lowest BCUT2D eigenvalue weighted by Crippen LogP contribution is -1.74. The zero-order valence-electron chi connectivity index (χ0n) is 5.86. The van der Waals surface area contributed by atoms with Crippen LogP contribution in [0.5, 0.6) is 0 Å². The summed E-state index contributed by atoms with van der Waals surface area (Å²) in [6.07, 6.45) is 0. The SMILES string of the molecule is S=C=NSCc1ccccc1. The van der Waals surface area contributed by atoms with Gasteiger partial charge in [-0.05, 0) is 29.7 Å². The molecule has 1 aromatic rings. The smallest absolute Gasteiger partial charge is 0.0718 e. The van der Waals surface area contributed by atoms with Gasteiger partial charge in [0.05, 0.1) is 5.16 Å². The van der Waals surface area contributed by atoms with E-state index in [4.69, 9.17) is 0 Å². The van der Waals surface area contributed by atoms with E-state index < -0.39 is 0 Å². The Labute approximate surface area is 75.7 Å². The fraction of sp³-hybridized carbons (Fsp3) is 0.125. The molecule has 0 heterocycles. The molecule has 56 valence electrons. The molecule has 0 fully saturated rings. The van der Waals surface area contributed by atoms with Crippen LogP contribution in [-0.4, -0.2) is 5.16 Å². The van der Waals surface area contributed by atoms with E-state index in [-0.39, 0.29) is 0 Å². The summed E-state index contributed by atoms with van der Waals surface area (Å²) >= 11 is 5.85. The van der Waals surface area contributed by atoms with Crippen molar-refractivity contribution >= 4 is 29.3 Å². The maximum absolute atomic E-state index is 4.43. The number of isothiocyanates is 1. The molecule has 0 aliphatic rings. The molecule has 0 bridgehead atoms. The molecule has 0 aliphatic heterocycles. The number of thiocarbonyl (C=S) groups is 1. The van der Waals surface area contributed by atoms with E-state index >= 15 is 0 Å². The maximum atomic E-state index is 4.43. The molecule has 0 radical (unpaired) electrons. The molecule has 1 rings (SSSR count). The summed E-state index contributed by atoms with van der Waals surface area (Å²) in [4.78, 5) is 0. The summed E-state index contributed by atoms with van der Waals surface area (Å²) < 4.78 is 3.75. The van der Waals surface area contributed by atoms with E-state index in [0.717, 1.165) is 5.75 Å². The molecule has 0 saturated carbocycles. The van der Waals surface area contributed by atoms with Gasteiger partial charge in [-0.3, -0.25) is 0 Å². The molecule has 11 heavy (non-hydrogen) atoms. The Morgan fingerprint density at radius 2 is 2.09 bits per heavy atom. The molecule has 0 spiro atoms. The third kappa shape index (κ3) is 3.33. The molecular weight excluding hydrogens is 174 g/mol. The molecule has 0 aliphatic carbocycles. The van der Waals surface area contributed by atoms with Crippen LogP contribution in [0.15, 0.2) is 34.7 Å². The average Bonchev–Trinajstić information content (AvgIpc) is 2.07. The minimum Gasteiger partial charge on any atom is -0.161 e. The van der Waals surface area contributed by atoms with Crippen LogP contribution in [-0.2, 0) is 5.75 Å². The fourth-order valence-electron chi connectivity index (χ4n) is 0.707. The molecule has 0 N–H and O–H groups in total. The lowest BCUT2D eigenvalue weighted by molar-refractivity contribution is 1.42. The molecule has 0 unspecified atom stereocenters. The molecule has 3 heteroatoms. The Hall–Kier alpha value is -0.630. The third-order valence-corrected chi connectivity index (χ3v) is 2.07. The monoisotopic (exact) mass is 181 g/mol. The second-order valence-electron chi connectivity index (χ2n) is 1.94. The van der Waals surface area contributed by atoms with Crippen molar-refractivity contribution in [2.24, 2.45) is 4.40 Å². The van der Waals surface area contributed by atoms with Crippen LogP contribution < -0.4 is 0 Å². The fourth-order valence-corrected chi connectivity index (χ4v) is 1.32. The lowest BCUT2D eigenvalue weighted by atomic mass is 10.2. The van der Waals surface area contributed by atoms with Crippen molar-refractivity contribution in [3.63, 3.8) is 0 Å². The van der Waals surface area contributed by atoms with Gasteiger partial charge in [-0.15, -0.1) is 0 Å². The Balaban J connectivity index is 2.45. The minimum absolute atomic E-state index is 0.866. The molecule has 0 aromatic heterocycles. The van der Waals surface area contributed by atoms with Crippen molar-refractivity contribution in [1.82, 2.24) is 0 Å². The van der Waals surface area contributed by atoms with Crippen LogP contribution in [0, 0.1) is 0 Å². The van der Waals surface area contributed by atoms with Gasteiger partial charge in [-0.1, -0.05) is 30.3 Å². The largest absolute Gasteiger partial charge is 0.161 e. The topological polar surface area (TPSA) is 12.4 Å². The van der Waals surface area contributed by atoms with Crippen LogP contribution in [0.25, 0.3) is 0 Å². The van der Waals surface area contributed by atoms with E-state index in [2.05, 4.69) is 33.9 Å². The highest BCUT2D eigenvalue weighted by molar-refractivity contribution is 7.97. The highest BCUT2D eigenvalue weighted by atomic mass is 32.2. The van der Waals surface area contributed by atoms with Crippen LogP contribution in [0.4, 0.5) is 0 Å². The Morgan fingerprint density at radius 3 is 2.73 bits per heavy atom. The van der Waals surface area contributed by atoms with E-state index in [9.17, 15) is 0 Å². The number of hydrogen-bond donors (Lipinski definition) is 0. The van der Waals surface area contributed by atoms with Gasteiger partial charge in [0.1, 0.15) is 0 Å². The first-order valence-electron chi connectivity index (χ1n) is 3.16. The van der Waals surface area contributed by atoms with Crippen molar-refractivity contribution in [1.29, 1.82) is 0 Å². The quantitative estimate of drug-likeness (QED) is 0.404. The Kier molecular flexibility index (Phi) is 3.91. The maximum Gasteiger partial charge on any atom is 0.0718 e. The first-order chi connectivity index (χ1) is 5.43. The van der Waals surface area contributed by atoms with Crippen LogP contribution in [0.1, 0.15) is 5.56 Å². The zero-order valence-corrected chi connectivity index (χ0v) is 7.49. The van der Waals surface area contributed by atoms with Gasteiger partial charge in [0, 0.05) is 5.75 Å². The van der Waals surface area contributed by atoms with Crippen molar-refractivity contribution < 1.29 is 0 Å². The van der Waals surface area contributed by atoms with Gasteiger partial charge in [-0.2, -0.15) is 4.40 Å². The van der Waals surface area contributed by atoms with Crippen molar-refractivity contribution in [2.75, 3.05) is 0 Å². The summed E-state index contributed by atoms with van der Waals surface area (Å²) in [5.74, 6) is 0.866. The summed E-state index contributed by atoms with van der Waals surface area (Å²) in [6, 6.07) is 10.1. The molecular formula is C8H7NS2. The van der Waals surface area contributed by atoms with Gasteiger partial charge < -0.3 is 0 Å². The number of hydrogen-bond acceptors (Lipinski definition) is 3. The second-order valence-corrected chi connectivity index (χ2v) is 2.85. The van der Waals surface area contributed by atoms with E-state index in [1.807, 2.05) is 18.2 Å². The molecule has 0 atom stereocenters. The van der Waals surface area contributed by atoms with Crippen molar-refractivity contribution in [3.05, 3.63) is 35.9 Å². The molecule has 0 amide bonds. The third-order valence-electron chi connectivity index (χ3n) is 1.18. The minimum atomic E-state index is 0.866. The standard InChI is InChI=1S/C8H7NS2/c10-7-9-11-6-8-4-2-1-3-5-8/h1-5H,6H2.